The van der Waals surface area contributed by atoms with Crippen molar-refractivity contribution in [3.8, 4) is 0 Å². The number of hydrogen-bond acceptors (Lipinski definition) is 5. The first-order valence-electron chi connectivity index (χ1n) is 7.19. The highest BCUT2D eigenvalue weighted by molar-refractivity contribution is 7.90. The summed E-state index contributed by atoms with van der Waals surface area (Å²) in [5.41, 5.74) is 0.918. The zero-order valence-corrected chi connectivity index (χ0v) is 12.6. The minimum atomic E-state index is -3.03. The summed E-state index contributed by atoms with van der Waals surface area (Å²) in [7, 11) is -3.03. The molecular weight excluding hydrogens is 278 g/mol. The molecule has 1 saturated heterocycles. The first kappa shape index (κ1) is 14.0. The first-order chi connectivity index (χ1) is 9.55. The Bertz CT molecular complexity index is 565. The van der Waals surface area contributed by atoms with Gasteiger partial charge in [-0.2, -0.15) is 0 Å². The third kappa shape index (κ3) is 3.05. The zero-order valence-electron chi connectivity index (χ0n) is 11.8. The van der Waals surface area contributed by atoms with Gasteiger partial charge in [0.2, 0.25) is 10.0 Å². The van der Waals surface area contributed by atoms with E-state index in [2.05, 4.69) is 10.1 Å². The first-order valence-corrected chi connectivity index (χ1v) is 8.69. The minimum absolute atomic E-state index is 0.104. The van der Waals surface area contributed by atoms with Crippen LogP contribution in [0.15, 0.2) is 10.6 Å². The molecule has 7 heteroatoms. The van der Waals surface area contributed by atoms with Crippen LogP contribution in [0.5, 0.6) is 0 Å². The maximum Gasteiger partial charge on any atom is 0.217 e. The van der Waals surface area contributed by atoms with Crippen molar-refractivity contribution < 1.29 is 12.9 Å². The van der Waals surface area contributed by atoms with Gasteiger partial charge in [-0.05, 0) is 32.7 Å². The fourth-order valence-electron chi connectivity index (χ4n) is 2.66. The van der Waals surface area contributed by atoms with Crippen molar-refractivity contribution in [2.24, 2.45) is 0 Å². The monoisotopic (exact) mass is 299 g/mol. The lowest BCUT2D eigenvalue weighted by molar-refractivity contribution is 0.268. The van der Waals surface area contributed by atoms with Gasteiger partial charge in [-0.25, -0.2) is 12.7 Å². The van der Waals surface area contributed by atoms with E-state index < -0.39 is 10.0 Å². The van der Waals surface area contributed by atoms with Crippen molar-refractivity contribution in [3.63, 3.8) is 0 Å². The topological polar surface area (TPSA) is 66.7 Å². The standard InChI is InChI=1S/C13H21N3O3S/c1-11-9-12(14-19-11)10-15-5-2-6-16(8-7-15)20(17,18)13-3-4-13/h9,13H,2-8,10H2,1H3. The summed E-state index contributed by atoms with van der Waals surface area (Å²) in [6, 6.07) is 1.93. The lowest BCUT2D eigenvalue weighted by Gasteiger charge is -2.20. The minimum Gasteiger partial charge on any atom is -0.361 e. The van der Waals surface area contributed by atoms with Crippen molar-refractivity contribution in [1.82, 2.24) is 14.4 Å². The van der Waals surface area contributed by atoms with Crippen LogP contribution in [0.1, 0.15) is 30.7 Å². The zero-order chi connectivity index (χ0) is 14.2. The fraction of sp³-hybridized carbons (Fsp3) is 0.769. The molecule has 20 heavy (non-hydrogen) atoms. The predicted octanol–water partition coefficient (Wildman–Crippen LogP) is 0.983. The van der Waals surface area contributed by atoms with E-state index in [4.69, 9.17) is 4.52 Å². The van der Waals surface area contributed by atoms with Crippen LogP contribution in [0.25, 0.3) is 0 Å². The maximum absolute atomic E-state index is 12.2. The Morgan fingerprint density at radius 2 is 2.10 bits per heavy atom. The molecule has 3 rings (SSSR count). The molecule has 2 fully saturated rings. The van der Waals surface area contributed by atoms with E-state index >= 15 is 0 Å². The highest BCUT2D eigenvalue weighted by Crippen LogP contribution is 2.31. The molecule has 6 nitrogen and oxygen atoms in total. The third-order valence-corrected chi connectivity index (χ3v) is 6.31. The number of rotatable bonds is 4. The Morgan fingerprint density at radius 3 is 2.75 bits per heavy atom. The second-order valence-corrected chi connectivity index (χ2v) is 7.91. The lowest BCUT2D eigenvalue weighted by Crippen LogP contribution is -2.37. The molecule has 0 spiro atoms. The van der Waals surface area contributed by atoms with Gasteiger partial charge in [-0.1, -0.05) is 5.16 Å². The molecule has 112 valence electrons. The molecule has 0 amide bonds. The van der Waals surface area contributed by atoms with Crippen LogP contribution in [-0.2, 0) is 16.6 Å². The largest absolute Gasteiger partial charge is 0.361 e. The third-order valence-electron chi connectivity index (χ3n) is 3.92. The van der Waals surface area contributed by atoms with Gasteiger partial charge in [0.1, 0.15) is 5.76 Å². The lowest BCUT2D eigenvalue weighted by atomic mass is 10.3. The quantitative estimate of drug-likeness (QED) is 0.829. The molecule has 0 radical (unpaired) electrons. The SMILES string of the molecule is Cc1cc(CN2CCCN(S(=O)(=O)C3CC3)CC2)no1. The molecule has 0 N–H and O–H groups in total. The molecule has 0 atom stereocenters. The van der Waals surface area contributed by atoms with Crippen molar-refractivity contribution in [3.05, 3.63) is 17.5 Å². The molecule has 0 unspecified atom stereocenters. The summed E-state index contributed by atoms with van der Waals surface area (Å²) in [5, 5.41) is 3.89. The van der Waals surface area contributed by atoms with Crippen LogP contribution in [0.2, 0.25) is 0 Å². The van der Waals surface area contributed by atoms with E-state index in [1.165, 1.54) is 0 Å². The van der Waals surface area contributed by atoms with Crippen LogP contribution >= 0.6 is 0 Å². The highest BCUT2D eigenvalue weighted by atomic mass is 32.2. The Hall–Kier alpha value is -0.920. The Labute approximate surface area is 119 Å². The number of nitrogens with zero attached hydrogens (tertiary/aromatic N) is 3. The Kier molecular flexibility index (Phi) is 3.83. The van der Waals surface area contributed by atoms with E-state index in [0.29, 0.717) is 13.1 Å². The molecule has 1 aromatic rings. The molecule has 0 bridgehead atoms. The van der Waals surface area contributed by atoms with Gasteiger partial charge in [-0.15, -0.1) is 0 Å². The second kappa shape index (κ2) is 5.46. The second-order valence-electron chi connectivity index (χ2n) is 5.70. The van der Waals surface area contributed by atoms with E-state index in [0.717, 1.165) is 50.4 Å². The Morgan fingerprint density at radius 1 is 1.30 bits per heavy atom. The van der Waals surface area contributed by atoms with Crippen molar-refractivity contribution >= 4 is 10.0 Å². The molecule has 0 aromatic carbocycles. The van der Waals surface area contributed by atoms with Gasteiger partial charge < -0.3 is 4.52 Å². The summed E-state index contributed by atoms with van der Waals surface area (Å²) in [5.74, 6) is 0.813. The molecule has 1 aliphatic carbocycles. The fourth-order valence-corrected chi connectivity index (χ4v) is 4.53. The van der Waals surface area contributed by atoms with Crippen LogP contribution in [0.4, 0.5) is 0 Å². The van der Waals surface area contributed by atoms with Crippen molar-refractivity contribution in [1.29, 1.82) is 0 Å². The molecular formula is C13H21N3O3S. The number of sulfonamides is 1. The predicted molar refractivity (Wildman–Crippen MR) is 74.6 cm³/mol. The van der Waals surface area contributed by atoms with E-state index in [1.807, 2.05) is 13.0 Å². The van der Waals surface area contributed by atoms with Crippen LogP contribution in [-0.4, -0.2) is 54.2 Å². The summed E-state index contributed by atoms with van der Waals surface area (Å²) in [6.45, 7) is 5.51. The summed E-state index contributed by atoms with van der Waals surface area (Å²) in [6.07, 6.45) is 2.55. The highest BCUT2D eigenvalue weighted by Gasteiger charge is 2.40. The normalized spacial score (nSPS) is 22.9. The van der Waals surface area contributed by atoms with Crippen LogP contribution in [0, 0.1) is 6.92 Å². The molecule has 1 saturated carbocycles. The summed E-state index contributed by atoms with van der Waals surface area (Å²) in [4.78, 5) is 2.25. The Balaban J connectivity index is 1.59. The molecule has 2 aliphatic rings. The van der Waals surface area contributed by atoms with E-state index in [1.54, 1.807) is 4.31 Å². The molecule has 1 aliphatic heterocycles. The number of hydrogen-bond donors (Lipinski definition) is 0. The average Bonchev–Trinajstić information content (AvgIpc) is 3.19. The summed E-state index contributed by atoms with van der Waals surface area (Å²) >= 11 is 0. The van der Waals surface area contributed by atoms with Crippen LogP contribution in [0.3, 0.4) is 0 Å². The van der Waals surface area contributed by atoms with Gasteiger partial charge in [0.05, 0.1) is 10.9 Å². The smallest absolute Gasteiger partial charge is 0.217 e. The molecule has 1 aromatic heterocycles. The van der Waals surface area contributed by atoms with Crippen molar-refractivity contribution in [2.75, 3.05) is 26.2 Å². The van der Waals surface area contributed by atoms with E-state index in [-0.39, 0.29) is 5.25 Å². The number of aromatic nitrogens is 1. The molecule has 2 heterocycles. The van der Waals surface area contributed by atoms with Crippen LogP contribution < -0.4 is 0 Å². The number of aryl methyl sites for hydroxylation is 1. The van der Waals surface area contributed by atoms with Gasteiger partial charge in [0, 0.05) is 32.2 Å². The average molecular weight is 299 g/mol. The van der Waals surface area contributed by atoms with Gasteiger partial charge in [0.25, 0.3) is 0 Å². The van der Waals surface area contributed by atoms with Crippen molar-refractivity contribution in [2.45, 2.75) is 38.0 Å². The van der Waals surface area contributed by atoms with Gasteiger partial charge >= 0.3 is 0 Å². The van der Waals surface area contributed by atoms with Gasteiger partial charge in [-0.3, -0.25) is 4.90 Å². The van der Waals surface area contributed by atoms with Gasteiger partial charge in [0.15, 0.2) is 0 Å². The maximum atomic E-state index is 12.2. The summed E-state index contributed by atoms with van der Waals surface area (Å²) < 4.78 is 31.2. The van der Waals surface area contributed by atoms with E-state index in [9.17, 15) is 8.42 Å².